The van der Waals surface area contributed by atoms with Gasteiger partial charge >= 0.3 is 48.7 Å². The van der Waals surface area contributed by atoms with Crippen molar-refractivity contribution in [3.8, 4) is 34.1 Å². The summed E-state index contributed by atoms with van der Waals surface area (Å²) in [5, 5.41) is 35.9. The van der Waals surface area contributed by atoms with Crippen molar-refractivity contribution in [2.24, 2.45) is 11.5 Å². The fraction of sp³-hybridized carbons (Fsp3) is 0.189. The number of nitrogens with two attached hydrogens (primary N) is 2. The number of phenolic OH excluding ortho intramolecular Hbond substituents is 1. The number of rotatable bonds is 26. The second kappa shape index (κ2) is 52.6. The average Bonchev–Trinajstić information content (AvgIpc) is 1.30. The number of phenols is 1. The topological polar surface area (TPSA) is 317 Å². The molecule has 10 N–H and O–H groups in total. The number of carbonyl (C=O) groups is 5. The third-order valence-corrected chi connectivity index (χ3v) is 19.3. The smallest absolute Gasteiger partial charge is 0.870 e. The van der Waals surface area contributed by atoms with Crippen LogP contribution in [0, 0.1) is 0 Å². The first-order chi connectivity index (χ1) is 56.2. The minimum Gasteiger partial charge on any atom is -0.870 e. The zero-order valence-electron chi connectivity index (χ0n) is 65.5. The second-order valence-electron chi connectivity index (χ2n) is 25.6. The van der Waals surface area contributed by atoms with Gasteiger partial charge in [0.2, 0.25) is 0 Å². The number of esters is 4. The summed E-state index contributed by atoms with van der Waals surface area (Å²) in [5.41, 5.74) is 19.9. The number of para-hydroxylation sites is 4. The molecule has 1 aliphatic rings. The molecular formula is C95H99Cl4LiN4O16. The molecule has 0 bridgehead atoms. The minimum atomic E-state index is -1.10. The first kappa shape index (κ1) is 101. The van der Waals surface area contributed by atoms with Crippen molar-refractivity contribution >= 4 is 76.3 Å². The third-order valence-electron chi connectivity index (χ3n) is 18.0. The van der Waals surface area contributed by atoms with Gasteiger partial charge in [-0.05, 0) is 104 Å². The van der Waals surface area contributed by atoms with Crippen LogP contribution in [0.2, 0.25) is 20.1 Å². The van der Waals surface area contributed by atoms with Gasteiger partial charge in [-0.25, -0.2) is 0 Å². The van der Waals surface area contributed by atoms with Crippen molar-refractivity contribution in [1.29, 1.82) is 0 Å². The first-order valence-electron chi connectivity index (χ1n) is 36.5. The number of aliphatic hydroxyl groups excluding tert-OH is 1. The van der Waals surface area contributed by atoms with Crippen LogP contribution < -0.4 is 55.2 Å². The number of ether oxygens (including phenoxy) is 7. The molecule has 12 aromatic rings. The largest absolute Gasteiger partial charge is 1.00 e. The van der Waals surface area contributed by atoms with E-state index in [0.717, 1.165) is 33.4 Å². The van der Waals surface area contributed by atoms with E-state index >= 15 is 0 Å². The van der Waals surface area contributed by atoms with Gasteiger partial charge in [-0.2, -0.15) is 0 Å². The van der Waals surface area contributed by atoms with Crippen LogP contribution in [0.25, 0.3) is 11.1 Å². The van der Waals surface area contributed by atoms with Crippen LogP contribution in [0.3, 0.4) is 0 Å². The van der Waals surface area contributed by atoms with Crippen molar-refractivity contribution in [2.75, 3.05) is 54.4 Å². The number of nitrogens with one attached hydrogen (secondary N) is 2. The molecule has 120 heavy (non-hydrogen) atoms. The van der Waals surface area contributed by atoms with Gasteiger partial charge in [0, 0.05) is 12.8 Å². The number of hydrogen-bond donors (Lipinski definition) is 7. The summed E-state index contributed by atoms with van der Waals surface area (Å²) in [5.74, 6) is -1.04. The second-order valence-corrected chi connectivity index (χ2v) is 27.2. The molecule has 4 atom stereocenters. The van der Waals surface area contributed by atoms with Gasteiger partial charge in [0.05, 0.1) is 59.1 Å². The van der Waals surface area contributed by atoms with Crippen LogP contribution in [0.15, 0.2) is 328 Å². The number of carbonyl (C=O) groups excluding carboxylic acids is 4. The maximum absolute atomic E-state index is 13.0. The molecule has 1 aliphatic carbocycles. The number of methoxy groups -OCH3 is 3. The Hall–Kier alpha value is -11.3. The van der Waals surface area contributed by atoms with Crippen LogP contribution in [0.1, 0.15) is 72.2 Å². The molecule has 0 saturated heterocycles. The van der Waals surface area contributed by atoms with Gasteiger partial charge in [0.1, 0.15) is 73.6 Å². The van der Waals surface area contributed by atoms with Crippen molar-refractivity contribution in [3.05, 3.63) is 392 Å². The number of carboxylic acids is 1. The summed E-state index contributed by atoms with van der Waals surface area (Å²) in [6, 6.07) is 101. The summed E-state index contributed by atoms with van der Waals surface area (Å²) < 4.78 is 36.1. The fourth-order valence-corrected chi connectivity index (χ4v) is 13.1. The van der Waals surface area contributed by atoms with E-state index in [4.69, 9.17) is 96.5 Å². The van der Waals surface area contributed by atoms with E-state index in [-0.39, 0.29) is 83.3 Å². The normalized spacial score (nSPS) is 11.7. The molecule has 624 valence electrons. The Morgan fingerprint density at radius 2 is 0.667 bits per heavy atom. The van der Waals surface area contributed by atoms with E-state index in [9.17, 15) is 29.1 Å². The van der Waals surface area contributed by atoms with Crippen LogP contribution in [0.5, 0.6) is 23.0 Å². The minimum absolute atomic E-state index is 0. The predicted molar refractivity (Wildman–Crippen MR) is 469 cm³/mol. The van der Waals surface area contributed by atoms with E-state index in [0.29, 0.717) is 43.9 Å². The van der Waals surface area contributed by atoms with E-state index in [1.54, 1.807) is 84.9 Å². The van der Waals surface area contributed by atoms with Crippen LogP contribution in [-0.4, -0.2) is 129 Å². The summed E-state index contributed by atoms with van der Waals surface area (Å²) in [7, 11) is 3.97. The zero-order valence-corrected chi connectivity index (χ0v) is 68.5. The number of fused-ring (bicyclic) bond motifs is 3. The molecule has 0 radical (unpaired) electrons. The molecule has 12 aromatic carbocycles. The molecule has 0 unspecified atom stereocenters. The number of halogens is 4. The maximum Gasteiger partial charge on any atom is 1.00 e. The van der Waals surface area contributed by atoms with Crippen LogP contribution in [-0.2, 0) is 54.0 Å². The fourth-order valence-electron chi connectivity index (χ4n) is 12.4. The molecule has 0 spiro atoms. The summed E-state index contributed by atoms with van der Waals surface area (Å²) in [6.07, 6.45) is 0. The molecule has 0 amide bonds. The van der Waals surface area contributed by atoms with Crippen molar-refractivity contribution in [1.82, 2.24) is 10.6 Å². The number of aliphatic hydroxyl groups is 1. The molecule has 0 aliphatic heterocycles. The Kier molecular flexibility index (Phi) is 44.3. The SMILES string of the molecule is C.C.CC(=O)OCC1c2ccccc2-c2ccccc21.COC(=O)[C@@H](N)COc1ccccc1Cl.COC(=O)[C@H](CO)NC(c1ccccc1)(c1ccccc1)c1ccccc1.COC(=O)[C@H](COc1ccccc1Cl)NC(c1ccccc1)(c1ccccc1)c1ccccc1.N[C@@H](COc1ccccc1Cl)C(=O)O.Oc1ccccc1Cl.[Li+].[OH-]. The molecule has 25 heteroatoms. The quantitative estimate of drug-likeness (QED) is 0.0115. The molecular weight excluding hydrogens is 1600 g/mol. The third kappa shape index (κ3) is 28.5. The van der Waals surface area contributed by atoms with Crippen LogP contribution >= 0.6 is 46.4 Å². The van der Waals surface area contributed by atoms with E-state index < -0.39 is 59.1 Å². The van der Waals surface area contributed by atoms with Gasteiger partial charge in [-0.15, -0.1) is 0 Å². The molecule has 0 saturated carbocycles. The molecule has 0 fully saturated rings. The Balaban J connectivity index is 0.000000316. The first-order valence-corrected chi connectivity index (χ1v) is 38.1. The van der Waals surface area contributed by atoms with E-state index in [1.807, 2.05) is 182 Å². The van der Waals surface area contributed by atoms with E-state index in [1.165, 1.54) is 50.5 Å². The Labute approximate surface area is 733 Å². The molecule has 20 nitrogen and oxygen atoms in total. The van der Waals surface area contributed by atoms with Crippen molar-refractivity contribution < 1.29 is 96.8 Å². The monoisotopic (exact) mass is 1700 g/mol. The zero-order chi connectivity index (χ0) is 83.2. The maximum atomic E-state index is 13.0. The van der Waals surface area contributed by atoms with Crippen LogP contribution in [0.4, 0.5) is 0 Å². The van der Waals surface area contributed by atoms with Gasteiger partial charge in [0.25, 0.3) is 0 Å². The number of hydrogen-bond acceptors (Lipinski definition) is 19. The summed E-state index contributed by atoms with van der Waals surface area (Å²) >= 11 is 23.4. The predicted octanol–water partition coefficient (Wildman–Crippen LogP) is 14.8. The summed E-state index contributed by atoms with van der Waals surface area (Å²) in [6.45, 7) is 1.47. The van der Waals surface area contributed by atoms with Crippen molar-refractivity contribution in [3.63, 3.8) is 0 Å². The number of benzene rings is 12. The number of aromatic hydroxyl groups is 1. The summed E-state index contributed by atoms with van der Waals surface area (Å²) in [4.78, 5) is 57.6. The van der Waals surface area contributed by atoms with Crippen molar-refractivity contribution in [2.45, 2.75) is 62.9 Å². The Morgan fingerprint density at radius 1 is 0.392 bits per heavy atom. The molecule has 0 aromatic heterocycles. The average molecular weight is 1700 g/mol. The molecule has 13 rings (SSSR count). The number of aliphatic carboxylic acids is 1. The van der Waals surface area contributed by atoms with Gasteiger partial charge in [-0.3, -0.25) is 34.6 Å². The van der Waals surface area contributed by atoms with Gasteiger partial charge in [-0.1, -0.05) is 340 Å². The van der Waals surface area contributed by atoms with Gasteiger partial charge < -0.3 is 65.4 Å². The van der Waals surface area contributed by atoms with Gasteiger partial charge in [0.15, 0.2) is 0 Å². The number of carboxylic acid groups (broad SMARTS) is 1. The Morgan fingerprint density at radius 3 is 0.958 bits per heavy atom. The Bertz CT molecular complexity index is 4780. The van der Waals surface area contributed by atoms with E-state index in [2.05, 4.69) is 76.0 Å². The standard InChI is InChI=1S/C29H26ClNO3.C23H23NO3.C16H14O2.C10H12ClNO3.C9H10ClNO3.C6H5ClO.2CH4.Li.H2O/c1-33-28(32)26(21-34-27-20-12-11-19-25(27)30)31-29(22-13-5-2-6-14-22,23-15-7-3-8-16-23)24-17-9-4-10-18-24;1-27-22(26)21(17-25)24-23(18-11-5-2-6-12-18,19-13-7-3-8-14-19)20-15-9-4-10-16-20;1-11(17)18-10-16-14-8-4-2-6-12(14)13-7-3-5-9-15(13)16;1-14-10(13)8(12)6-15-9-5-3-2-4-7(9)11;10-6-3-1-2-4-8(6)14-5-7(11)9(12)13;7-5-3-1-2-4-6(5)8;;;;/h2-20,26,31H,21H2,1H3;2-16,21,24-25H,17H2,1H3;2-9,16H,10H2,1H3;2-5,8H,6,12H2,1H3;1-4,7H,5,11H2,(H,12,13);1-4,8H;2*1H4;;1H2/q;;;;;;;;+1;/p-1/t26-;21-;;8-;7-;;;;;/m00.00...../s1. The molecule has 0 heterocycles.